The van der Waals surface area contributed by atoms with Gasteiger partial charge in [-0.2, -0.15) is 28.5 Å². The quantitative estimate of drug-likeness (QED) is 0.495. The Hall–Kier alpha value is -3.35. The summed E-state index contributed by atoms with van der Waals surface area (Å²) >= 11 is 0. The summed E-state index contributed by atoms with van der Waals surface area (Å²) in [5.74, 6) is -0.165. The molecule has 4 aromatic heterocycles. The molecule has 0 atom stereocenters. The minimum Gasteiger partial charge on any atom is -0.234 e. The van der Waals surface area contributed by atoms with Crippen LogP contribution in [0.1, 0.15) is 12.6 Å². The fraction of sp³-hybridized carbons (Fsp3) is 0.188. The van der Waals surface area contributed by atoms with E-state index in [1.807, 2.05) is 0 Å². The van der Waals surface area contributed by atoms with Crippen LogP contribution in [0.5, 0.6) is 0 Å². The van der Waals surface area contributed by atoms with E-state index in [4.69, 9.17) is 0 Å². The Kier molecular flexibility index (Phi) is 4.33. The van der Waals surface area contributed by atoms with Crippen molar-refractivity contribution in [1.29, 1.82) is 0 Å². The van der Waals surface area contributed by atoms with Crippen LogP contribution < -0.4 is 0 Å². The number of sulfone groups is 1. The van der Waals surface area contributed by atoms with Gasteiger partial charge in [0.15, 0.2) is 27.0 Å². The molecule has 0 saturated carbocycles. The van der Waals surface area contributed by atoms with Crippen LogP contribution in [-0.2, 0) is 16.0 Å². The van der Waals surface area contributed by atoms with Crippen LogP contribution in [0.2, 0.25) is 0 Å². The molecule has 0 fully saturated rings. The fourth-order valence-electron chi connectivity index (χ4n) is 2.62. The van der Waals surface area contributed by atoms with E-state index in [1.165, 1.54) is 43.8 Å². The highest BCUT2D eigenvalue weighted by atomic mass is 32.2. The van der Waals surface area contributed by atoms with E-state index in [0.29, 0.717) is 5.56 Å². The van der Waals surface area contributed by atoms with Crippen molar-refractivity contribution in [3.05, 3.63) is 48.7 Å². The molecule has 4 rings (SSSR count). The molecular formula is C16H12F3N7O2S. The van der Waals surface area contributed by atoms with Crippen LogP contribution in [-0.4, -0.2) is 48.7 Å². The highest BCUT2D eigenvalue weighted by Crippen LogP contribution is 2.29. The van der Waals surface area contributed by atoms with E-state index < -0.39 is 21.7 Å². The zero-order valence-corrected chi connectivity index (χ0v) is 15.6. The van der Waals surface area contributed by atoms with Gasteiger partial charge in [0.25, 0.3) is 0 Å². The van der Waals surface area contributed by atoms with Crippen molar-refractivity contribution in [2.24, 2.45) is 0 Å². The van der Waals surface area contributed by atoms with Crippen molar-refractivity contribution in [2.75, 3.05) is 5.75 Å². The van der Waals surface area contributed by atoms with Crippen molar-refractivity contribution in [3.63, 3.8) is 0 Å². The molecule has 9 nitrogen and oxygen atoms in total. The molecular weight excluding hydrogens is 411 g/mol. The van der Waals surface area contributed by atoms with Gasteiger partial charge in [-0.25, -0.2) is 22.9 Å². The normalized spacial score (nSPS) is 12.6. The van der Waals surface area contributed by atoms with E-state index in [9.17, 15) is 21.6 Å². The molecule has 0 aromatic carbocycles. The molecule has 0 bridgehead atoms. The highest BCUT2D eigenvalue weighted by molar-refractivity contribution is 7.91. The molecule has 0 unspecified atom stereocenters. The lowest BCUT2D eigenvalue weighted by Crippen LogP contribution is -2.13. The summed E-state index contributed by atoms with van der Waals surface area (Å²) in [7, 11) is -3.70. The van der Waals surface area contributed by atoms with Gasteiger partial charge in [0.2, 0.25) is 0 Å². The van der Waals surface area contributed by atoms with Crippen LogP contribution in [0, 0.1) is 0 Å². The van der Waals surface area contributed by atoms with E-state index in [0.717, 1.165) is 15.4 Å². The summed E-state index contributed by atoms with van der Waals surface area (Å²) in [6.45, 7) is 1.48. The SMILES string of the molecule is CCS(=O)(=O)c1cc(-c2ccn3nc(C(F)(F)F)cc3n2)cnc1-n1nccn1. The van der Waals surface area contributed by atoms with Gasteiger partial charge in [-0.1, -0.05) is 6.92 Å². The Balaban J connectivity index is 1.86. The standard InChI is InChI=1S/C16H12F3N7O2S/c1-2-29(27,28)12-7-10(9-20-15(12)26-21-4-5-22-26)11-3-6-25-14(23-11)8-13(24-25)16(17,18)19/h3-9H,2H2,1H3. The second-order valence-corrected chi connectivity index (χ2v) is 8.16. The third-order valence-electron chi connectivity index (χ3n) is 4.07. The van der Waals surface area contributed by atoms with Gasteiger partial charge in [0.1, 0.15) is 4.90 Å². The van der Waals surface area contributed by atoms with Gasteiger partial charge in [-0.3, -0.25) is 0 Å². The van der Waals surface area contributed by atoms with E-state index in [-0.39, 0.29) is 27.8 Å². The first-order valence-corrected chi connectivity index (χ1v) is 9.88. The van der Waals surface area contributed by atoms with E-state index in [1.54, 1.807) is 0 Å². The third kappa shape index (κ3) is 3.44. The summed E-state index contributed by atoms with van der Waals surface area (Å²) < 4.78 is 64.7. The number of rotatable bonds is 4. The van der Waals surface area contributed by atoms with Crippen molar-refractivity contribution in [2.45, 2.75) is 18.0 Å². The van der Waals surface area contributed by atoms with Crippen molar-refractivity contribution in [3.8, 4) is 17.1 Å². The Morgan fingerprint density at radius 3 is 2.52 bits per heavy atom. The smallest absolute Gasteiger partial charge is 0.234 e. The molecule has 0 amide bonds. The summed E-state index contributed by atoms with van der Waals surface area (Å²) in [5.41, 5.74) is -0.557. The van der Waals surface area contributed by atoms with Gasteiger partial charge in [0, 0.05) is 24.0 Å². The molecule has 150 valence electrons. The number of aromatic nitrogens is 7. The molecule has 29 heavy (non-hydrogen) atoms. The number of alkyl halides is 3. The number of hydrogen-bond donors (Lipinski definition) is 0. The number of fused-ring (bicyclic) bond motifs is 1. The molecule has 4 aromatic rings. The summed E-state index contributed by atoms with van der Waals surface area (Å²) in [5, 5.41) is 11.3. The maximum atomic E-state index is 12.9. The lowest BCUT2D eigenvalue weighted by molar-refractivity contribution is -0.141. The first kappa shape index (κ1) is 19.0. The number of nitrogens with zero attached hydrogens (tertiary/aromatic N) is 7. The lowest BCUT2D eigenvalue weighted by atomic mass is 10.2. The first-order chi connectivity index (χ1) is 13.7. The molecule has 0 radical (unpaired) electrons. The monoisotopic (exact) mass is 423 g/mol. The van der Waals surface area contributed by atoms with Gasteiger partial charge in [-0.15, -0.1) is 4.80 Å². The van der Waals surface area contributed by atoms with Gasteiger partial charge >= 0.3 is 6.18 Å². The predicted octanol–water partition coefficient (Wildman–Crippen LogP) is 2.18. The molecule has 0 spiro atoms. The average molecular weight is 423 g/mol. The highest BCUT2D eigenvalue weighted by Gasteiger charge is 2.34. The number of pyridine rings is 1. The van der Waals surface area contributed by atoms with Crippen LogP contribution in [0.15, 0.2) is 47.9 Å². The molecule has 4 heterocycles. The lowest BCUT2D eigenvalue weighted by Gasteiger charge is -2.10. The second kappa shape index (κ2) is 6.62. The topological polar surface area (TPSA) is 108 Å². The molecule has 13 heteroatoms. The van der Waals surface area contributed by atoms with E-state index in [2.05, 4.69) is 25.3 Å². The maximum absolute atomic E-state index is 12.9. The minimum atomic E-state index is -4.60. The fourth-order valence-corrected chi connectivity index (χ4v) is 3.65. The third-order valence-corrected chi connectivity index (χ3v) is 5.80. The van der Waals surface area contributed by atoms with Crippen LogP contribution in [0.4, 0.5) is 13.2 Å². The van der Waals surface area contributed by atoms with Gasteiger partial charge in [0.05, 0.1) is 23.8 Å². The van der Waals surface area contributed by atoms with Gasteiger partial charge in [-0.05, 0) is 12.1 Å². The summed E-state index contributed by atoms with van der Waals surface area (Å²) in [6.07, 6.45) is 0.823. The molecule has 0 saturated heterocycles. The Labute approximate surface area is 161 Å². The second-order valence-electron chi connectivity index (χ2n) is 5.91. The summed E-state index contributed by atoms with van der Waals surface area (Å²) in [4.78, 5) is 9.27. The molecule has 0 aliphatic carbocycles. The zero-order valence-electron chi connectivity index (χ0n) is 14.7. The van der Waals surface area contributed by atoms with Crippen LogP contribution in [0.3, 0.4) is 0 Å². The van der Waals surface area contributed by atoms with Crippen LogP contribution in [0.25, 0.3) is 22.7 Å². The largest absolute Gasteiger partial charge is 0.435 e. The minimum absolute atomic E-state index is 0.0189. The van der Waals surface area contributed by atoms with Crippen LogP contribution >= 0.6 is 0 Å². The number of hydrogen-bond acceptors (Lipinski definition) is 7. The van der Waals surface area contributed by atoms with Gasteiger partial charge < -0.3 is 0 Å². The van der Waals surface area contributed by atoms with E-state index >= 15 is 0 Å². The van der Waals surface area contributed by atoms with Crippen molar-refractivity contribution < 1.29 is 21.6 Å². The average Bonchev–Trinajstić information content (AvgIpc) is 3.36. The zero-order chi connectivity index (χ0) is 20.8. The van der Waals surface area contributed by atoms with Crippen molar-refractivity contribution >= 4 is 15.5 Å². The molecule has 0 N–H and O–H groups in total. The Morgan fingerprint density at radius 1 is 1.14 bits per heavy atom. The van der Waals surface area contributed by atoms with Crippen molar-refractivity contribution in [1.82, 2.24) is 34.6 Å². The maximum Gasteiger partial charge on any atom is 0.435 e. The summed E-state index contributed by atoms with van der Waals surface area (Å²) in [6, 6.07) is 3.58. The Bertz CT molecular complexity index is 1300. The Morgan fingerprint density at radius 2 is 1.86 bits per heavy atom. The first-order valence-electron chi connectivity index (χ1n) is 8.22. The predicted molar refractivity (Wildman–Crippen MR) is 93.9 cm³/mol. The molecule has 0 aliphatic heterocycles. The number of halogens is 3. The molecule has 0 aliphatic rings.